The molecular formula is C16H17NO4. The first-order valence-corrected chi connectivity index (χ1v) is 6.64. The average molecular weight is 287 g/mol. The van der Waals surface area contributed by atoms with Crippen molar-refractivity contribution < 1.29 is 19.4 Å². The summed E-state index contributed by atoms with van der Waals surface area (Å²) < 4.78 is 5.57. The van der Waals surface area contributed by atoms with Gasteiger partial charge in [0.15, 0.2) is 6.61 Å². The van der Waals surface area contributed by atoms with Crippen LogP contribution in [-0.4, -0.2) is 42.1 Å². The van der Waals surface area contributed by atoms with Crippen molar-refractivity contribution in [1.29, 1.82) is 0 Å². The molecule has 0 aromatic heterocycles. The van der Waals surface area contributed by atoms with E-state index in [9.17, 15) is 9.59 Å². The first-order chi connectivity index (χ1) is 10.1. The average Bonchev–Trinajstić information content (AvgIpc) is 2.50. The Hall–Kier alpha value is -2.56. The number of likely N-dealkylation sites (N-methyl/N-ethyl adjacent to an activating group) is 1. The first kappa shape index (κ1) is 14.8. The highest BCUT2D eigenvalue weighted by Gasteiger charge is 2.11. The zero-order valence-electron chi connectivity index (χ0n) is 11.8. The molecule has 0 spiro atoms. The molecule has 0 saturated heterocycles. The van der Waals surface area contributed by atoms with E-state index in [1.807, 2.05) is 42.5 Å². The van der Waals surface area contributed by atoms with Crippen LogP contribution in [0, 0.1) is 0 Å². The Bertz CT molecular complexity index is 648. The van der Waals surface area contributed by atoms with Gasteiger partial charge >= 0.3 is 5.97 Å². The molecule has 0 saturated carbocycles. The largest absolute Gasteiger partial charge is 0.483 e. The van der Waals surface area contributed by atoms with Crippen LogP contribution in [0.15, 0.2) is 42.5 Å². The third-order valence-electron chi connectivity index (χ3n) is 3.19. The summed E-state index contributed by atoms with van der Waals surface area (Å²) in [6.07, 6.45) is -0.0729. The van der Waals surface area contributed by atoms with Gasteiger partial charge in [-0.05, 0) is 11.5 Å². The van der Waals surface area contributed by atoms with E-state index < -0.39 is 5.97 Å². The number of ether oxygens (including phenoxy) is 1. The van der Waals surface area contributed by atoms with Crippen molar-refractivity contribution in [2.45, 2.75) is 6.42 Å². The van der Waals surface area contributed by atoms with Gasteiger partial charge in [-0.1, -0.05) is 36.4 Å². The van der Waals surface area contributed by atoms with Crippen LogP contribution >= 0.6 is 0 Å². The second-order valence-electron chi connectivity index (χ2n) is 4.72. The van der Waals surface area contributed by atoms with Crippen molar-refractivity contribution in [3.05, 3.63) is 42.5 Å². The molecule has 0 aliphatic carbocycles. The van der Waals surface area contributed by atoms with Gasteiger partial charge in [0.1, 0.15) is 5.75 Å². The van der Waals surface area contributed by atoms with Gasteiger partial charge in [0.05, 0.1) is 6.42 Å². The number of hydrogen-bond donors (Lipinski definition) is 1. The first-order valence-electron chi connectivity index (χ1n) is 6.64. The van der Waals surface area contributed by atoms with Crippen LogP contribution in [0.25, 0.3) is 10.8 Å². The summed E-state index contributed by atoms with van der Waals surface area (Å²) in [6.45, 7) is 0.0667. The second-order valence-corrected chi connectivity index (χ2v) is 4.72. The van der Waals surface area contributed by atoms with Crippen LogP contribution in [0.1, 0.15) is 6.42 Å². The van der Waals surface area contributed by atoms with Crippen LogP contribution in [-0.2, 0) is 9.59 Å². The van der Waals surface area contributed by atoms with E-state index in [0.29, 0.717) is 5.75 Å². The highest BCUT2D eigenvalue weighted by Crippen LogP contribution is 2.24. The zero-order chi connectivity index (χ0) is 15.2. The number of nitrogens with zero attached hydrogens (tertiary/aromatic N) is 1. The van der Waals surface area contributed by atoms with E-state index in [2.05, 4.69) is 0 Å². The number of rotatable bonds is 6. The molecule has 0 unspecified atom stereocenters. The quantitative estimate of drug-likeness (QED) is 0.884. The summed E-state index contributed by atoms with van der Waals surface area (Å²) in [5.41, 5.74) is 0. The molecule has 1 N–H and O–H groups in total. The molecule has 5 heteroatoms. The van der Waals surface area contributed by atoms with Crippen LogP contribution in [0.2, 0.25) is 0 Å². The van der Waals surface area contributed by atoms with Crippen molar-refractivity contribution in [3.8, 4) is 5.75 Å². The molecule has 21 heavy (non-hydrogen) atoms. The predicted octanol–water partition coefficient (Wildman–Crippen LogP) is 2.15. The van der Waals surface area contributed by atoms with Crippen molar-refractivity contribution in [2.75, 3.05) is 20.2 Å². The summed E-state index contributed by atoms with van der Waals surface area (Å²) in [6, 6.07) is 13.4. The minimum absolute atomic E-state index is 0.0729. The van der Waals surface area contributed by atoms with Gasteiger partial charge in [-0.3, -0.25) is 9.59 Å². The van der Waals surface area contributed by atoms with E-state index in [4.69, 9.17) is 9.84 Å². The molecule has 0 fully saturated rings. The lowest BCUT2D eigenvalue weighted by Gasteiger charge is -2.16. The van der Waals surface area contributed by atoms with Crippen LogP contribution in [0.5, 0.6) is 5.75 Å². The minimum Gasteiger partial charge on any atom is -0.483 e. The van der Waals surface area contributed by atoms with Crippen LogP contribution < -0.4 is 4.74 Å². The maximum atomic E-state index is 11.9. The van der Waals surface area contributed by atoms with Gasteiger partial charge in [0.25, 0.3) is 5.91 Å². The molecule has 1 amide bonds. The predicted molar refractivity (Wildman–Crippen MR) is 79.3 cm³/mol. The van der Waals surface area contributed by atoms with Crippen molar-refractivity contribution >= 4 is 22.6 Å². The molecule has 0 heterocycles. The number of fused-ring (bicyclic) bond motifs is 1. The Labute approximate surface area is 122 Å². The maximum absolute atomic E-state index is 11.9. The van der Waals surface area contributed by atoms with Crippen LogP contribution in [0.3, 0.4) is 0 Å². The number of hydrogen-bond acceptors (Lipinski definition) is 3. The lowest BCUT2D eigenvalue weighted by molar-refractivity contribution is -0.138. The number of aliphatic carboxylic acids is 1. The molecule has 0 atom stereocenters. The lowest BCUT2D eigenvalue weighted by atomic mass is 10.1. The molecule has 0 aliphatic rings. The van der Waals surface area contributed by atoms with E-state index in [0.717, 1.165) is 10.8 Å². The Morgan fingerprint density at radius 2 is 1.86 bits per heavy atom. The summed E-state index contributed by atoms with van der Waals surface area (Å²) in [4.78, 5) is 23.7. The number of amides is 1. The normalized spacial score (nSPS) is 10.3. The number of carboxylic acid groups (broad SMARTS) is 1. The summed E-state index contributed by atoms with van der Waals surface area (Å²) in [5, 5.41) is 10.6. The Morgan fingerprint density at radius 3 is 2.62 bits per heavy atom. The number of carbonyl (C=O) groups is 2. The second kappa shape index (κ2) is 6.74. The maximum Gasteiger partial charge on any atom is 0.305 e. The monoisotopic (exact) mass is 287 g/mol. The Balaban J connectivity index is 1.98. The van der Waals surface area contributed by atoms with Crippen LogP contribution in [0.4, 0.5) is 0 Å². The van der Waals surface area contributed by atoms with Crippen molar-refractivity contribution in [2.24, 2.45) is 0 Å². The van der Waals surface area contributed by atoms with E-state index in [1.165, 1.54) is 4.90 Å². The van der Waals surface area contributed by atoms with Gasteiger partial charge in [-0.15, -0.1) is 0 Å². The van der Waals surface area contributed by atoms with Gasteiger partial charge in [0.2, 0.25) is 0 Å². The zero-order valence-corrected chi connectivity index (χ0v) is 11.8. The highest BCUT2D eigenvalue weighted by molar-refractivity contribution is 5.88. The SMILES string of the molecule is CN(CCC(=O)O)C(=O)COc1cccc2ccccc12. The van der Waals surface area contributed by atoms with Gasteiger partial charge in [-0.25, -0.2) is 0 Å². The molecule has 5 nitrogen and oxygen atoms in total. The molecule has 0 bridgehead atoms. The molecule has 2 aromatic carbocycles. The standard InChI is InChI=1S/C16H17NO4/c1-17(10-9-16(19)20)15(18)11-21-14-8-4-6-12-5-2-3-7-13(12)14/h2-8H,9-11H2,1H3,(H,19,20). The van der Waals surface area contributed by atoms with Crippen molar-refractivity contribution in [3.63, 3.8) is 0 Å². The lowest BCUT2D eigenvalue weighted by Crippen LogP contribution is -2.33. The minimum atomic E-state index is -0.926. The van der Waals surface area contributed by atoms with Gasteiger partial charge < -0.3 is 14.7 Å². The molecule has 2 aromatic rings. The number of carbonyl (C=O) groups excluding carboxylic acids is 1. The number of benzene rings is 2. The molecular weight excluding hydrogens is 270 g/mol. The molecule has 0 radical (unpaired) electrons. The molecule has 0 aliphatic heterocycles. The highest BCUT2D eigenvalue weighted by atomic mass is 16.5. The van der Waals surface area contributed by atoms with Gasteiger partial charge in [-0.2, -0.15) is 0 Å². The molecule has 110 valence electrons. The topological polar surface area (TPSA) is 66.8 Å². The van der Waals surface area contributed by atoms with E-state index in [1.54, 1.807) is 7.05 Å². The fraction of sp³-hybridized carbons (Fsp3) is 0.250. The molecule has 2 rings (SSSR count). The Morgan fingerprint density at radius 1 is 1.14 bits per heavy atom. The summed E-state index contributed by atoms with van der Waals surface area (Å²) >= 11 is 0. The van der Waals surface area contributed by atoms with Gasteiger partial charge in [0, 0.05) is 19.0 Å². The Kier molecular flexibility index (Phi) is 4.77. The number of carboxylic acids is 1. The smallest absolute Gasteiger partial charge is 0.305 e. The van der Waals surface area contributed by atoms with E-state index >= 15 is 0 Å². The van der Waals surface area contributed by atoms with E-state index in [-0.39, 0.29) is 25.5 Å². The summed E-state index contributed by atoms with van der Waals surface area (Å²) in [7, 11) is 1.57. The third kappa shape index (κ3) is 3.95. The third-order valence-corrected chi connectivity index (χ3v) is 3.19. The fourth-order valence-electron chi connectivity index (χ4n) is 1.96. The van der Waals surface area contributed by atoms with Crippen molar-refractivity contribution in [1.82, 2.24) is 4.90 Å². The fourth-order valence-corrected chi connectivity index (χ4v) is 1.96. The summed E-state index contributed by atoms with van der Waals surface area (Å²) in [5.74, 6) is -0.526.